The zero-order valence-corrected chi connectivity index (χ0v) is 8.83. The van der Waals surface area contributed by atoms with Crippen LogP contribution >= 0.6 is 11.6 Å². The lowest BCUT2D eigenvalue weighted by molar-refractivity contribution is 0.475. The van der Waals surface area contributed by atoms with Crippen LogP contribution in [0.2, 0.25) is 5.02 Å². The molecule has 0 unspecified atom stereocenters. The van der Waals surface area contributed by atoms with Crippen LogP contribution in [-0.4, -0.2) is 5.11 Å². The van der Waals surface area contributed by atoms with Crippen molar-refractivity contribution in [1.29, 1.82) is 0 Å². The lowest BCUT2D eigenvalue weighted by Crippen LogP contribution is -1.88. The van der Waals surface area contributed by atoms with Gasteiger partial charge in [0.1, 0.15) is 5.75 Å². The van der Waals surface area contributed by atoms with Crippen molar-refractivity contribution in [1.82, 2.24) is 0 Å². The standard InChI is InChI=1S/C13H10ClO/c14-13-4-2-1-3-11(13)9-10-5-7-12(15)8-6-10/h2-8,15H,9H2. The fourth-order valence-corrected chi connectivity index (χ4v) is 1.60. The monoisotopic (exact) mass is 217 g/mol. The van der Waals surface area contributed by atoms with Gasteiger partial charge < -0.3 is 5.11 Å². The summed E-state index contributed by atoms with van der Waals surface area (Å²) in [5.74, 6) is 0.282. The number of halogens is 1. The Morgan fingerprint density at radius 2 is 1.87 bits per heavy atom. The van der Waals surface area contributed by atoms with Gasteiger partial charge in [0, 0.05) is 5.02 Å². The predicted octanol–water partition coefficient (Wildman–Crippen LogP) is 3.44. The van der Waals surface area contributed by atoms with Crippen LogP contribution in [0, 0.1) is 6.07 Å². The summed E-state index contributed by atoms with van der Waals surface area (Å²) in [5.41, 5.74) is 2.17. The smallest absolute Gasteiger partial charge is 0.115 e. The van der Waals surface area contributed by atoms with E-state index in [1.54, 1.807) is 18.2 Å². The van der Waals surface area contributed by atoms with Crippen LogP contribution in [-0.2, 0) is 6.42 Å². The van der Waals surface area contributed by atoms with E-state index in [-0.39, 0.29) is 5.75 Å². The summed E-state index contributed by atoms with van der Waals surface area (Å²) in [4.78, 5) is 0. The van der Waals surface area contributed by atoms with E-state index in [1.807, 2.05) is 24.3 Å². The van der Waals surface area contributed by atoms with Gasteiger partial charge in [-0.3, -0.25) is 0 Å². The fourth-order valence-electron chi connectivity index (χ4n) is 1.42. The van der Waals surface area contributed by atoms with Crippen molar-refractivity contribution in [3.63, 3.8) is 0 Å². The molecule has 15 heavy (non-hydrogen) atoms. The first kappa shape index (κ1) is 10.1. The van der Waals surface area contributed by atoms with Crippen molar-refractivity contribution >= 4 is 11.6 Å². The molecule has 0 heterocycles. The van der Waals surface area contributed by atoms with Gasteiger partial charge in [0.15, 0.2) is 0 Å². The van der Waals surface area contributed by atoms with Gasteiger partial charge in [0.25, 0.3) is 0 Å². The minimum atomic E-state index is 0.282. The number of rotatable bonds is 2. The summed E-state index contributed by atoms with van der Waals surface area (Å²) in [6, 6.07) is 15.6. The molecule has 0 spiro atoms. The van der Waals surface area contributed by atoms with Crippen LogP contribution in [0.4, 0.5) is 0 Å². The van der Waals surface area contributed by atoms with Crippen molar-refractivity contribution in [2.24, 2.45) is 0 Å². The van der Waals surface area contributed by atoms with Crippen LogP contribution < -0.4 is 0 Å². The van der Waals surface area contributed by atoms with Crippen LogP contribution in [0.1, 0.15) is 11.1 Å². The maximum Gasteiger partial charge on any atom is 0.115 e. The van der Waals surface area contributed by atoms with E-state index >= 15 is 0 Å². The molecule has 0 aromatic heterocycles. The molecule has 0 amide bonds. The molecule has 2 aromatic rings. The second-order valence-electron chi connectivity index (χ2n) is 3.36. The summed E-state index contributed by atoms with van der Waals surface area (Å²) in [5, 5.41) is 9.90. The molecule has 2 rings (SSSR count). The highest BCUT2D eigenvalue weighted by Crippen LogP contribution is 2.19. The van der Waals surface area contributed by atoms with Crippen molar-refractivity contribution in [2.75, 3.05) is 0 Å². The minimum absolute atomic E-state index is 0.282. The second-order valence-corrected chi connectivity index (χ2v) is 3.77. The van der Waals surface area contributed by atoms with Crippen LogP contribution in [0.15, 0.2) is 42.5 Å². The topological polar surface area (TPSA) is 20.2 Å². The average molecular weight is 218 g/mol. The van der Waals surface area contributed by atoms with Crippen LogP contribution in [0.25, 0.3) is 0 Å². The van der Waals surface area contributed by atoms with E-state index in [2.05, 4.69) is 6.07 Å². The molecular formula is C13H10ClO. The van der Waals surface area contributed by atoms with Crippen molar-refractivity contribution in [3.05, 3.63) is 64.7 Å². The Morgan fingerprint density at radius 1 is 1.13 bits per heavy atom. The molecule has 2 aromatic carbocycles. The first-order valence-corrected chi connectivity index (χ1v) is 5.06. The molecule has 1 radical (unpaired) electrons. The van der Waals surface area contributed by atoms with E-state index < -0.39 is 0 Å². The van der Waals surface area contributed by atoms with Crippen molar-refractivity contribution < 1.29 is 5.11 Å². The summed E-state index contributed by atoms with van der Waals surface area (Å²) in [6.07, 6.45) is 0.760. The first-order chi connectivity index (χ1) is 7.25. The summed E-state index contributed by atoms with van der Waals surface area (Å²) >= 11 is 6.04. The van der Waals surface area contributed by atoms with E-state index in [0.29, 0.717) is 0 Å². The molecule has 2 heteroatoms. The number of phenols is 1. The predicted molar refractivity (Wildman–Crippen MR) is 61.2 cm³/mol. The molecule has 0 fully saturated rings. The zero-order chi connectivity index (χ0) is 10.7. The van der Waals surface area contributed by atoms with Crippen LogP contribution in [0.3, 0.4) is 0 Å². The molecule has 0 aliphatic rings. The molecule has 0 bridgehead atoms. The number of aromatic hydroxyl groups is 1. The maximum absolute atomic E-state index is 9.15. The minimum Gasteiger partial charge on any atom is -0.508 e. The SMILES string of the molecule is Oc1ccc(Cc2c[c]ccc2Cl)cc1. The van der Waals surface area contributed by atoms with E-state index in [4.69, 9.17) is 16.7 Å². The Kier molecular flexibility index (Phi) is 2.93. The summed E-state index contributed by atoms with van der Waals surface area (Å²) in [7, 11) is 0. The third kappa shape index (κ3) is 2.51. The number of hydrogen-bond donors (Lipinski definition) is 1. The molecular weight excluding hydrogens is 208 g/mol. The maximum atomic E-state index is 9.15. The van der Waals surface area contributed by atoms with E-state index in [9.17, 15) is 0 Å². The highest BCUT2D eigenvalue weighted by Gasteiger charge is 2.00. The molecule has 0 saturated heterocycles. The first-order valence-electron chi connectivity index (χ1n) is 4.68. The van der Waals surface area contributed by atoms with Gasteiger partial charge in [-0.25, -0.2) is 0 Å². The van der Waals surface area contributed by atoms with Gasteiger partial charge in [-0.2, -0.15) is 0 Å². The molecule has 0 atom stereocenters. The third-order valence-electron chi connectivity index (χ3n) is 2.22. The molecule has 0 saturated carbocycles. The Balaban J connectivity index is 2.22. The molecule has 75 valence electrons. The highest BCUT2D eigenvalue weighted by atomic mass is 35.5. The lowest BCUT2D eigenvalue weighted by atomic mass is 10.1. The highest BCUT2D eigenvalue weighted by molar-refractivity contribution is 6.31. The summed E-state index contributed by atoms with van der Waals surface area (Å²) < 4.78 is 0. The number of phenolic OH excluding ortho intramolecular Hbond substituents is 1. The third-order valence-corrected chi connectivity index (χ3v) is 2.59. The summed E-state index contributed by atoms with van der Waals surface area (Å²) in [6.45, 7) is 0. The van der Waals surface area contributed by atoms with E-state index in [1.165, 1.54) is 0 Å². The van der Waals surface area contributed by atoms with Crippen molar-refractivity contribution in [2.45, 2.75) is 6.42 Å². The quantitative estimate of drug-likeness (QED) is 0.817. The molecule has 0 aliphatic carbocycles. The number of hydrogen-bond acceptors (Lipinski definition) is 1. The Labute approximate surface area is 94.0 Å². The second kappa shape index (κ2) is 4.37. The van der Waals surface area contributed by atoms with Gasteiger partial charge >= 0.3 is 0 Å². The Bertz CT molecular complexity index is 448. The van der Waals surface area contributed by atoms with Gasteiger partial charge in [0.2, 0.25) is 0 Å². The fraction of sp³-hybridized carbons (Fsp3) is 0.0769. The van der Waals surface area contributed by atoms with E-state index in [0.717, 1.165) is 22.6 Å². The molecule has 0 aliphatic heterocycles. The number of benzene rings is 2. The van der Waals surface area contributed by atoms with Crippen molar-refractivity contribution in [3.8, 4) is 5.75 Å². The normalized spacial score (nSPS) is 10.2. The van der Waals surface area contributed by atoms with Gasteiger partial charge in [-0.05, 0) is 47.9 Å². The van der Waals surface area contributed by atoms with Gasteiger partial charge in [0.05, 0.1) is 0 Å². The van der Waals surface area contributed by atoms with Gasteiger partial charge in [-0.15, -0.1) is 0 Å². The Morgan fingerprint density at radius 3 is 2.53 bits per heavy atom. The zero-order valence-electron chi connectivity index (χ0n) is 8.07. The largest absolute Gasteiger partial charge is 0.508 e. The molecule has 1 N–H and O–H groups in total. The molecule has 1 nitrogen and oxygen atoms in total. The van der Waals surface area contributed by atoms with Crippen LogP contribution in [0.5, 0.6) is 5.75 Å². The Hall–Kier alpha value is -1.47. The average Bonchev–Trinajstić information content (AvgIpc) is 2.25. The van der Waals surface area contributed by atoms with Gasteiger partial charge in [-0.1, -0.05) is 29.8 Å². The lowest BCUT2D eigenvalue weighted by Gasteiger charge is -2.03.